The highest BCUT2D eigenvalue weighted by molar-refractivity contribution is 7.84. The van der Waals surface area contributed by atoms with Crippen LogP contribution in [0.4, 0.5) is 0 Å². The second kappa shape index (κ2) is 7.54. The van der Waals surface area contributed by atoms with E-state index in [4.69, 9.17) is 11.6 Å². The largest absolute Gasteiger partial charge is 0.352 e. The summed E-state index contributed by atoms with van der Waals surface area (Å²) in [5, 5.41) is 2.92. The lowest BCUT2D eigenvalue weighted by Gasteiger charge is -2.09. The SMILES string of the molecule is CC(CCNC(=O)c1ccc(CCl)cc1)S(C)=O. The van der Waals surface area contributed by atoms with Crippen molar-refractivity contribution < 1.29 is 9.00 Å². The summed E-state index contributed by atoms with van der Waals surface area (Å²) in [6.07, 6.45) is 2.39. The van der Waals surface area contributed by atoms with Gasteiger partial charge in [-0.15, -0.1) is 11.6 Å². The third kappa shape index (κ3) is 4.78. The van der Waals surface area contributed by atoms with E-state index in [2.05, 4.69) is 5.32 Å². The average Bonchev–Trinajstić information content (AvgIpc) is 2.38. The van der Waals surface area contributed by atoms with Crippen LogP contribution < -0.4 is 5.32 Å². The second-order valence-electron chi connectivity index (χ2n) is 4.18. The third-order valence-electron chi connectivity index (χ3n) is 2.77. The lowest BCUT2D eigenvalue weighted by Crippen LogP contribution is -2.27. The van der Waals surface area contributed by atoms with Crippen molar-refractivity contribution in [3.8, 4) is 0 Å². The second-order valence-corrected chi connectivity index (χ2v) is 6.25. The number of halogens is 1. The van der Waals surface area contributed by atoms with Crippen molar-refractivity contribution in [1.82, 2.24) is 5.32 Å². The van der Waals surface area contributed by atoms with Gasteiger partial charge >= 0.3 is 0 Å². The first kappa shape index (κ1) is 15.2. The molecular formula is C13H18ClNO2S. The normalized spacial score (nSPS) is 13.9. The number of carbonyl (C=O) groups is 1. The minimum Gasteiger partial charge on any atom is -0.352 e. The molecule has 0 saturated carbocycles. The van der Waals surface area contributed by atoms with Gasteiger partial charge in [0.25, 0.3) is 5.91 Å². The molecule has 0 aromatic heterocycles. The fraction of sp³-hybridized carbons (Fsp3) is 0.462. The summed E-state index contributed by atoms with van der Waals surface area (Å²) in [7, 11) is -0.840. The number of rotatable bonds is 6. The summed E-state index contributed by atoms with van der Waals surface area (Å²) >= 11 is 5.68. The quantitative estimate of drug-likeness (QED) is 0.816. The van der Waals surface area contributed by atoms with E-state index in [-0.39, 0.29) is 11.2 Å². The number of alkyl halides is 1. The molecule has 0 spiro atoms. The standard InChI is InChI=1S/C13H18ClNO2S/c1-10(18(2)17)7-8-15-13(16)12-5-3-11(9-14)4-6-12/h3-6,10H,7-9H2,1-2H3,(H,15,16). The molecule has 100 valence electrons. The Balaban J connectivity index is 2.42. The first-order valence-electron chi connectivity index (χ1n) is 5.80. The molecule has 3 nitrogen and oxygen atoms in total. The van der Waals surface area contributed by atoms with E-state index in [1.54, 1.807) is 18.4 Å². The minimum absolute atomic E-state index is 0.101. The first-order chi connectivity index (χ1) is 8.54. The summed E-state index contributed by atoms with van der Waals surface area (Å²) in [5.41, 5.74) is 1.61. The smallest absolute Gasteiger partial charge is 0.251 e. The van der Waals surface area contributed by atoms with Gasteiger partial charge in [-0.05, 0) is 24.1 Å². The van der Waals surface area contributed by atoms with E-state index < -0.39 is 10.8 Å². The molecule has 1 N–H and O–H groups in total. The van der Waals surface area contributed by atoms with Crippen LogP contribution in [0.2, 0.25) is 0 Å². The van der Waals surface area contributed by atoms with E-state index in [9.17, 15) is 9.00 Å². The van der Waals surface area contributed by atoms with Gasteiger partial charge < -0.3 is 5.32 Å². The molecule has 5 heteroatoms. The molecule has 2 atom stereocenters. The maximum atomic E-state index is 11.8. The van der Waals surface area contributed by atoms with Crippen molar-refractivity contribution in [1.29, 1.82) is 0 Å². The van der Waals surface area contributed by atoms with Crippen LogP contribution in [0, 0.1) is 0 Å². The summed E-state index contributed by atoms with van der Waals surface area (Å²) in [5.74, 6) is 0.340. The predicted molar refractivity (Wildman–Crippen MR) is 76.5 cm³/mol. The van der Waals surface area contributed by atoms with Crippen LogP contribution in [-0.2, 0) is 16.7 Å². The van der Waals surface area contributed by atoms with Crippen molar-refractivity contribution in [2.24, 2.45) is 0 Å². The van der Waals surface area contributed by atoms with Gasteiger partial charge in [-0.1, -0.05) is 19.1 Å². The number of benzene rings is 1. The predicted octanol–water partition coefficient (Wildman–Crippen LogP) is 2.31. The van der Waals surface area contributed by atoms with Crippen LogP contribution in [0.5, 0.6) is 0 Å². The zero-order valence-electron chi connectivity index (χ0n) is 10.6. The van der Waals surface area contributed by atoms with E-state index in [0.29, 0.717) is 24.4 Å². The Bertz CT molecular complexity index is 420. The Hall–Kier alpha value is -0.870. The van der Waals surface area contributed by atoms with Crippen LogP contribution in [0.3, 0.4) is 0 Å². The summed E-state index contributed by atoms with van der Waals surface area (Å²) in [4.78, 5) is 11.8. The van der Waals surface area contributed by atoms with Crippen LogP contribution in [0.15, 0.2) is 24.3 Å². The molecule has 18 heavy (non-hydrogen) atoms. The zero-order chi connectivity index (χ0) is 13.5. The average molecular weight is 288 g/mol. The lowest BCUT2D eigenvalue weighted by atomic mass is 10.1. The van der Waals surface area contributed by atoms with E-state index in [0.717, 1.165) is 5.56 Å². The van der Waals surface area contributed by atoms with Gasteiger partial charge in [-0.3, -0.25) is 9.00 Å². The molecule has 1 aromatic rings. The van der Waals surface area contributed by atoms with Gasteiger partial charge in [0.1, 0.15) is 0 Å². The van der Waals surface area contributed by atoms with Gasteiger partial charge in [0, 0.05) is 40.3 Å². The maximum Gasteiger partial charge on any atom is 0.251 e. The van der Waals surface area contributed by atoms with Gasteiger partial charge in [0.2, 0.25) is 0 Å². The van der Waals surface area contributed by atoms with E-state index in [1.807, 2.05) is 19.1 Å². The Morgan fingerprint density at radius 1 is 1.39 bits per heavy atom. The topological polar surface area (TPSA) is 46.2 Å². The van der Waals surface area contributed by atoms with Crippen molar-refractivity contribution in [2.45, 2.75) is 24.5 Å². The fourth-order valence-electron chi connectivity index (χ4n) is 1.40. The molecule has 0 heterocycles. The monoisotopic (exact) mass is 287 g/mol. The molecule has 1 amide bonds. The number of hydrogen-bond acceptors (Lipinski definition) is 2. The molecular weight excluding hydrogens is 270 g/mol. The molecule has 0 aliphatic carbocycles. The van der Waals surface area contributed by atoms with Crippen molar-refractivity contribution in [3.05, 3.63) is 35.4 Å². The van der Waals surface area contributed by atoms with Gasteiger partial charge in [0.05, 0.1) is 0 Å². The number of hydrogen-bond donors (Lipinski definition) is 1. The fourth-order valence-corrected chi connectivity index (χ4v) is 2.03. The molecule has 0 radical (unpaired) electrons. The third-order valence-corrected chi connectivity index (χ3v) is 4.45. The Morgan fingerprint density at radius 3 is 2.50 bits per heavy atom. The lowest BCUT2D eigenvalue weighted by molar-refractivity contribution is 0.0953. The summed E-state index contributed by atoms with van der Waals surface area (Å²) in [6, 6.07) is 7.19. The zero-order valence-corrected chi connectivity index (χ0v) is 12.2. The first-order valence-corrected chi connectivity index (χ1v) is 7.95. The molecule has 0 saturated heterocycles. The van der Waals surface area contributed by atoms with Gasteiger partial charge in [-0.25, -0.2) is 0 Å². The Labute approximate surface area is 115 Å². The van der Waals surface area contributed by atoms with Crippen LogP contribution in [0.1, 0.15) is 29.3 Å². The molecule has 2 unspecified atom stereocenters. The highest BCUT2D eigenvalue weighted by Gasteiger charge is 2.08. The van der Waals surface area contributed by atoms with Gasteiger partial charge in [0.15, 0.2) is 0 Å². The highest BCUT2D eigenvalue weighted by Crippen LogP contribution is 2.07. The maximum absolute atomic E-state index is 11.8. The Kier molecular flexibility index (Phi) is 6.36. The number of nitrogens with one attached hydrogen (secondary N) is 1. The van der Waals surface area contributed by atoms with Crippen molar-refractivity contribution >= 4 is 28.3 Å². The summed E-state index contributed by atoms with van der Waals surface area (Å²) < 4.78 is 11.1. The van der Waals surface area contributed by atoms with Crippen molar-refractivity contribution in [3.63, 3.8) is 0 Å². The van der Waals surface area contributed by atoms with Crippen molar-refractivity contribution in [2.75, 3.05) is 12.8 Å². The van der Waals surface area contributed by atoms with Crippen LogP contribution in [-0.4, -0.2) is 28.2 Å². The number of amides is 1. The molecule has 0 bridgehead atoms. The molecule has 0 aliphatic heterocycles. The summed E-state index contributed by atoms with van der Waals surface area (Å²) in [6.45, 7) is 2.45. The highest BCUT2D eigenvalue weighted by atomic mass is 35.5. The van der Waals surface area contributed by atoms with Gasteiger partial charge in [-0.2, -0.15) is 0 Å². The molecule has 0 fully saturated rings. The molecule has 1 aromatic carbocycles. The number of carbonyl (C=O) groups excluding carboxylic acids is 1. The van der Waals surface area contributed by atoms with Crippen LogP contribution in [0.25, 0.3) is 0 Å². The van der Waals surface area contributed by atoms with E-state index in [1.165, 1.54) is 0 Å². The van der Waals surface area contributed by atoms with E-state index >= 15 is 0 Å². The minimum atomic E-state index is -0.840. The molecule has 0 aliphatic rings. The Morgan fingerprint density at radius 2 is 2.00 bits per heavy atom. The van der Waals surface area contributed by atoms with Crippen LogP contribution >= 0.6 is 11.6 Å². The molecule has 1 rings (SSSR count).